The van der Waals surface area contributed by atoms with E-state index in [2.05, 4.69) is 40.3 Å². The fourth-order valence-electron chi connectivity index (χ4n) is 3.43. The number of rotatable bonds is 3. The summed E-state index contributed by atoms with van der Waals surface area (Å²) in [6, 6.07) is 8.25. The third-order valence-corrected chi connectivity index (χ3v) is 5.35. The summed E-state index contributed by atoms with van der Waals surface area (Å²) in [5.41, 5.74) is 3.60. The van der Waals surface area contributed by atoms with E-state index in [4.69, 9.17) is 0 Å². The smallest absolute Gasteiger partial charge is 0.241 e. The van der Waals surface area contributed by atoms with Gasteiger partial charge in [-0.05, 0) is 36.8 Å². The predicted molar refractivity (Wildman–Crippen MR) is 90.9 cm³/mol. The van der Waals surface area contributed by atoms with Crippen LogP contribution < -0.4 is 0 Å². The zero-order chi connectivity index (χ0) is 15.8. The predicted octanol–water partition coefficient (Wildman–Crippen LogP) is 3.32. The van der Waals surface area contributed by atoms with E-state index < -0.39 is 0 Å². The van der Waals surface area contributed by atoms with Gasteiger partial charge in [-0.15, -0.1) is 0 Å². The van der Waals surface area contributed by atoms with Crippen LogP contribution in [0.25, 0.3) is 10.9 Å². The van der Waals surface area contributed by atoms with Crippen LogP contribution in [0.15, 0.2) is 35.7 Å². The van der Waals surface area contributed by atoms with Gasteiger partial charge in [0.15, 0.2) is 5.16 Å². The summed E-state index contributed by atoms with van der Waals surface area (Å²) in [6.45, 7) is 2.29. The van der Waals surface area contributed by atoms with Gasteiger partial charge >= 0.3 is 0 Å². The number of benzene rings is 1. The van der Waals surface area contributed by atoms with Crippen LogP contribution in [0, 0.1) is 5.92 Å². The molecule has 0 unspecified atom stereocenters. The third-order valence-electron chi connectivity index (χ3n) is 4.49. The van der Waals surface area contributed by atoms with E-state index in [1.807, 2.05) is 10.6 Å². The third kappa shape index (κ3) is 2.57. The van der Waals surface area contributed by atoms with Crippen molar-refractivity contribution in [3.8, 4) is 0 Å². The molecule has 0 radical (unpaired) electrons. The van der Waals surface area contributed by atoms with Crippen LogP contribution in [-0.2, 0) is 12.8 Å². The molecule has 3 aromatic rings. The highest BCUT2D eigenvalue weighted by molar-refractivity contribution is 7.99. The maximum Gasteiger partial charge on any atom is 0.241 e. The van der Waals surface area contributed by atoms with E-state index in [0.717, 1.165) is 24.8 Å². The van der Waals surface area contributed by atoms with E-state index in [1.165, 1.54) is 34.7 Å². The molecule has 4 rings (SSSR count). The molecule has 0 fully saturated rings. The number of fused-ring (bicyclic) bond motifs is 3. The molecule has 2 heterocycles. The summed E-state index contributed by atoms with van der Waals surface area (Å²) >= 11 is 1.39. The van der Waals surface area contributed by atoms with Crippen molar-refractivity contribution >= 4 is 28.6 Å². The molecule has 0 bridgehead atoms. The van der Waals surface area contributed by atoms with Gasteiger partial charge in [-0.3, -0.25) is 14.5 Å². The van der Waals surface area contributed by atoms with E-state index in [9.17, 15) is 4.79 Å². The second kappa shape index (κ2) is 5.85. The highest BCUT2D eigenvalue weighted by Gasteiger charge is 2.25. The second-order valence-electron chi connectivity index (χ2n) is 6.10. The molecule has 0 aliphatic heterocycles. The van der Waals surface area contributed by atoms with Gasteiger partial charge in [0.05, 0.1) is 11.3 Å². The highest BCUT2D eigenvalue weighted by Crippen LogP contribution is 2.34. The van der Waals surface area contributed by atoms with Gasteiger partial charge in [0.25, 0.3) is 0 Å². The Kier molecular flexibility index (Phi) is 3.69. The molecule has 0 saturated carbocycles. The summed E-state index contributed by atoms with van der Waals surface area (Å²) in [6.07, 6.45) is 4.64. The minimum atomic E-state index is 0.110. The van der Waals surface area contributed by atoms with Crippen LogP contribution in [0.3, 0.4) is 0 Å². The zero-order valence-electron chi connectivity index (χ0n) is 13.0. The van der Waals surface area contributed by atoms with Crippen LogP contribution in [0.2, 0.25) is 0 Å². The molecule has 1 aliphatic rings. The Morgan fingerprint density at radius 1 is 1.43 bits per heavy atom. The number of aromatic amines is 1. The second-order valence-corrected chi connectivity index (χ2v) is 7.06. The van der Waals surface area contributed by atoms with Crippen molar-refractivity contribution in [3.63, 3.8) is 0 Å². The van der Waals surface area contributed by atoms with Crippen LogP contribution in [0.1, 0.15) is 29.4 Å². The van der Waals surface area contributed by atoms with E-state index in [-0.39, 0.29) is 5.91 Å². The standard InChI is InChI=1S/C17H18N4OS/c1-11-6-7-15-13(8-11)12-4-2-3-5-14(12)21(15)16(22)9-23-17-18-10-19-20-17/h2-5,10-11H,6-9H2,1H3,(H,18,19,20)/t11-/m0/s1. The largest absolute Gasteiger partial charge is 0.283 e. The molecule has 118 valence electrons. The number of para-hydroxylation sites is 1. The van der Waals surface area contributed by atoms with Gasteiger partial charge in [0, 0.05) is 11.1 Å². The molecule has 1 aromatic carbocycles. The Labute approximate surface area is 138 Å². The number of carbonyl (C=O) groups excluding carboxylic acids is 1. The van der Waals surface area contributed by atoms with Crippen molar-refractivity contribution in [1.29, 1.82) is 0 Å². The van der Waals surface area contributed by atoms with Gasteiger partial charge in [0.2, 0.25) is 5.91 Å². The average Bonchev–Trinajstić information content (AvgIpc) is 3.18. The Bertz CT molecular complexity index is 853. The van der Waals surface area contributed by atoms with Crippen molar-refractivity contribution in [2.24, 2.45) is 5.92 Å². The van der Waals surface area contributed by atoms with E-state index in [1.54, 1.807) is 0 Å². The van der Waals surface area contributed by atoms with Crippen LogP contribution >= 0.6 is 11.8 Å². The van der Waals surface area contributed by atoms with Crippen molar-refractivity contribution in [1.82, 2.24) is 19.7 Å². The van der Waals surface area contributed by atoms with Crippen molar-refractivity contribution in [2.45, 2.75) is 31.3 Å². The molecular weight excluding hydrogens is 308 g/mol. The van der Waals surface area contributed by atoms with E-state index in [0.29, 0.717) is 16.8 Å². The fourth-order valence-corrected chi connectivity index (χ4v) is 4.06. The number of aromatic nitrogens is 4. The molecule has 1 N–H and O–H groups in total. The molecule has 0 amide bonds. The summed E-state index contributed by atoms with van der Waals surface area (Å²) in [7, 11) is 0. The van der Waals surface area contributed by atoms with Crippen LogP contribution in [-0.4, -0.2) is 31.4 Å². The van der Waals surface area contributed by atoms with Crippen molar-refractivity contribution < 1.29 is 4.79 Å². The number of nitrogens with one attached hydrogen (secondary N) is 1. The molecule has 0 spiro atoms. The number of H-pyrrole nitrogens is 1. The first-order valence-corrected chi connectivity index (χ1v) is 8.85. The minimum Gasteiger partial charge on any atom is -0.283 e. The number of nitrogens with zero attached hydrogens (tertiary/aromatic N) is 3. The lowest BCUT2D eigenvalue weighted by molar-refractivity contribution is 0.0943. The molecule has 1 atom stereocenters. The highest BCUT2D eigenvalue weighted by atomic mass is 32.2. The number of thioether (sulfide) groups is 1. The number of carbonyl (C=O) groups is 1. The van der Waals surface area contributed by atoms with Gasteiger partial charge in [0.1, 0.15) is 6.33 Å². The van der Waals surface area contributed by atoms with Gasteiger partial charge in [-0.1, -0.05) is 36.9 Å². The zero-order valence-corrected chi connectivity index (χ0v) is 13.8. The van der Waals surface area contributed by atoms with Crippen molar-refractivity contribution in [2.75, 3.05) is 5.75 Å². The minimum absolute atomic E-state index is 0.110. The van der Waals surface area contributed by atoms with Gasteiger partial charge < -0.3 is 0 Å². The Morgan fingerprint density at radius 2 is 2.30 bits per heavy atom. The fraction of sp³-hybridized carbons (Fsp3) is 0.353. The quantitative estimate of drug-likeness (QED) is 0.750. The molecule has 0 saturated heterocycles. The lowest BCUT2D eigenvalue weighted by Gasteiger charge is -2.20. The first-order chi connectivity index (χ1) is 11.2. The lowest BCUT2D eigenvalue weighted by Crippen LogP contribution is -2.20. The maximum absolute atomic E-state index is 12.8. The molecule has 1 aliphatic carbocycles. The number of hydrogen-bond donors (Lipinski definition) is 1. The SMILES string of the molecule is C[C@H]1CCc2c(c3ccccc3n2C(=O)CSc2ncn[nH]2)C1. The van der Waals surface area contributed by atoms with Gasteiger partial charge in [-0.2, -0.15) is 5.10 Å². The number of hydrogen-bond acceptors (Lipinski definition) is 4. The molecular formula is C17H18N4OS. The molecule has 6 heteroatoms. The van der Waals surface area contributed by atoms with Crippen LogP contribution in [0.5, 0.6) is 0 Å². The Morgan fingerprint density at radius 3 is 3.13 bits per heavy atom. The average molecular weight is 326 g/mol. The Hall–Kier alpha value is -2.08. The van der Waals surface area contributed by atoms with Crippen molar-refractivity contribution in [3.05, 3.63) is 41.9 Å². The Balaban J connectivity index is 1.72. The lowest BCUT2D eigenvalue weighted by atomic mass is 9.88. The molecule has 2 aromatic heterocycles. The topological polar surface area (TPSA) is 63.6 Å². The normalized spacial score (nSPS) is 17.3. The summed E-state index contributed by atoms with van der Waals surface area (Å²) in [5.74, 6) is 1.15. The summed E-state index contributed by atoms with van der Waals surface area (Å²) < 4.78 is 1.93. The summed E-state index contributed by atoms with van der Waals surface area (Å²) in [4.78, 5) is 16.9. The first-order valence-electron chi connectivity index (χ1n) is 7.86. The van der Waals surface area contributed by atoms with E-state index >= 15 is 0 Å². The summed E-state index contributed by atoms with van der Waals surface area (Å²) in [5, 5.41) is 8.51. The maximum atomic E-state index is 12.8. The van der Waals surface area contributed by atoms with Gasteiger partial charge in [-0.25, -0.2) is 4.98 Å². The van der Waals surface area contributed by atoms with Crippen LogP contribution in [0.4, 0.5) is 0 Å². The monoisotopic (exact) mass is 326 g/mol. The molecule has 23 heavy (non-hydrogen) atoms. The first kappa shape index (κ1) is 14.5. The molecule has 5 nitrogen and oxygen atoms in total.